The summed E-state index contributed by atoms with van der Waals surface area (Å²) in [4.78, 5) is 1.14. The number of thioether (sulfide) groups is 1. The van der Waals surface area contributed by atoms with E-state index in [2.05, 4.69) is 35.4 Å². The van der Waals surface area contributed by atoms with Gasteiger partial charge in [-0.25, -0.2) is 0 Å². The first-order chi connectivity index (χ1) is 8.70. The van der Waals surface area contributed by atoms with Crippen molar-refractivity contribution in [3.8, 4) is 11.5 Å². The third-order valence-electron chi connectivity index (χ3n) is 2.47. The highest BCUT2D eigenvalue weighted by atomic mass is 32.2. The molecule has 2 aromatic rings. The molecule has 0 saturated carbocycles. The van der Waals surface area contributed by atoms with E-state index in [-0.39, 0.29) is 0 Å². The maximum absolute atomic E-state index is 5.66. The molecule has 1 N–H and O–H groups in total. The van der Waals surface area contributed by atoms with Gasteiger partial charge in [0.2, 0.25) is 11.8 Å². The lowest BCUT2D eigenvalue weighted by Gasteiger charge is -2.04. The van der Waals surface area contributed by atoms with Gasteiger partial charge in [-0.3, -0.25) is 0 Å². The van der Waals surface area contributed by atoms with Crippen LogP contribution in [0.2, 0.25) is 0 Å². The van der Waals surface area contributed by atoms with Gasteiger partial charge in [0.05, 0.1) is 12.1 Å². The van der Waals surface area contributed by atoms with Gasteiger partial charge in [0.25, 0.3) is 0 Å². The predicted octanol–water partition coefficient (Wildman–Crippen LogP) is 2.96. The maximum atomic E-state index is 5.66. The molecule has 0 atom stereocenters. The molecular weight excluding hydrogens is 246 g/mol. The molecule has 1 aromatic carbocycles. The lowest BCUT2D eigenvalue weighted by Crippen LogP contribution is -2.21. The molecular formula is C13H17N3OS. The van der Waals surface area contributed by atoms with E-state index in [9.17, 15) is 0 Å². The monoisotopic (exact) mass is 263 g/mol. The van der Waals surface area contributed by atoms with Crippen molar-refractivity contribution in [3.63, 3.8) is 0 Å². The van der Waals surface area contributed by atoms with Crippen molar-refractivity contribution in [1.29, 1.82) is 0 Å². The van der Waals surface area contributed by atoms with Crippen LogP contribution in [0.4, 0.5) is 0 Å². The van der Waals surface area contributed by atoms with E-state index in [0.29, 0.717) is 24.4 Å². The Morgan fingerprint density at radius 3 is 2.78 bits per heavy atom. The number of aromatic nitrogens is 2. The Morgan fingerprint density at radius 1 is 1.28 bits per heavy atom. The zero-order valence-electron chi connectivity index (χ0n) is 10.8. The van der Waals surface area contributed by atoms with Crippen molar-refractivity contribution >= 4 is 11.8 Å². The Hall–Kier alpha value is -1.33. The summed E-state index contributed by atoms with van der Waals surface area (Å²) in [7, 11) is 0. The molecule has 0 radical (unpaired) electrons. The molecule has 0 aliphatic rings. The molecule has 0 fully saturated rings. The summed E-state index contributed by atoms with van der Waals surface area (Å²) < 4.78 is 5.66. The van der Waals surface area contributed by atoms with Gasteiger partial charge in [0, 0.05) is 10.9 Å². The van der Waals surface area contributed by atoms with Crippen LogP contribution in [0.15, 0.2) is 33.6 Å². The number of hydrogen-bond donors (Lipinski definition) is 1. The first kappa shape index (κ1) is 13.1. The second-order valence-corrected chi connectivity index (χ2v) is 5.08. The number of hydrogen-bond acceptors (Lipinski definition) is 5. The second-order valence-electron chi connectivity index (χ2n) is 4.24. The van der Waals surface area contributed by atoms with E-state index in [0.717, 1.165) is 10.5 Å². The van der Waals surface area contributed by atoms with Gasteiger partial charge in [-0.2, -0.15) is 0 Å². The van der Waals surface area contributed by atoms with Gasteiger partial charge in [-0.1, -0.05) is 26.0 Å². The Morgan fingerprint density at radius 2 is 2.06 bits per heavy atom. The summed E-state index contributed by atoms with van der Waals surface area (Å²) in [5.74, 6) is 1.20. The number of nitrogens with one attached hydrogen (secondary N) is 1. The van der Waals surface area contributed by atoms with E-state index >= 15 is 0 Å². The van der Waals surface area contributed by atoms with Crippen LogP contribution in [0.3, 0.4) is 0 Å². The molecule has 0 saturated heterocycles. The van der Waals surface area contributed by atoms with Crippen molar-refractivity contribution in [3.05, 3.63) is 30.2 Å². The average Bonchev–Trinajstić information content (AvgIpc) is 2.85. The van der Waals surface area contributed by atoms with Crippen LogP contribution in [0.5, 0.6) is 0 Å². The Bertz CT molecular complexity index is 510. The fourth-order valence-corrected chi connectivity index (χ4v) is 2.14. The molecule has 0 aliphatic heterocycles. The third-order valence-corrected chi connectivity index (χ3v) is 3.26. The number of nitrogens with zero attached hydrogens (tertiary/aromatic N) is 2. The third kappa shape index (κ3) is 3.11. The predicted molar refractivity (Wildman–Crippen MR) is 73.5 cm³/mol. The van der Waals surface area contributed by atoms with E-state index in [1.807, 2.05) is 24.5 Å². The van der Waals surface area contributed by atoms with E-state index in [1.165, 1.54) is 0 Å². The fourth-order valence-electron chi connectivity index (χ4n) is 1.55. The van der Waals surface area contributed by atoms with Gasteiger partial charge in [0.1, 0.15) is 0 Å². The van der Waals surface area contributed by atoms with Crippen molar-refractivity contribution in [2.75, 3.05) is 6.26 Å². The summed E-state index contributed by atoms with van der Waals surface area (Å²) in [6, 6.07) is 8.44. The zero-order valence-corrected chi connectivity index (χ0v) is 11.6. The van der Waals surface area contributed by atoms with Crippen LogP contribution in [0.25, 0.3) is 11.5 Å². The standard InChI is InChI=1S/C13H17N3OS/c1-9(2)14-8-12-15-16-13(17-12)10-6-4-5-7-11(10)18-3/h4-7,9,14H,8H2,1-3H3. The average molecular weight is 263 g/mol. The van der Waals surface area contributed by atoms with Crippen molar-refractivity contribution in [2.45, 2.75) is 31.3 Å². The van der Waals surface area contributed by atoms with E-state index in [4.69, 9.17) is 4.42 Å². The van der Waals surface area contributed by atoms with Crippen LogP contribution < -0.4 is 5.32 Å². The highest BCUT2D eigenvalue weighted by molar-refractivity contribution is 7.98. The Kier molecular flexibility index (Phi) is 4.38. The van der Waals surface area contributed by atoms with Crippen LogP contribution in [0, 0.1) is 0 Å². The molecule has 0 spiro atoms. The summed E-state index contributed by atoms with van der Waals surface area (Å²) in [5, 5.41) is 11.4. The number of rotatable bonds is 5. The lowest BCUT2D eigenvalue weighted by molar-refractivity contribution is 0.458. The van der Waals surface area contributed by atoms with E-state index in [1.54, 1.807) is 11.8 Å². The fraction of sp³-hybridized carbons (Fsp3) is 0.385. The largest absolute Gasteiger partial charge is 0.419 e. The lowest BCUT2D eigenvalue weighted by atomic mass is 10.2. The van der Waals surface area contributed by atoms with Crippen LogP contribution in [-0.2, 0) is 6.54 Å². The smallest absolute Gasteiger partial charge is 0.248 e. The van der Waals surface area contributed by atoms with Gasteiger partial charge in [0.15, 0.2) is 0 Å². The van der Waals surface area contributed by atoms with Gasteiger partial charge < -0.3 is 9.73 Å². The number of benzene rings is 1. The Labute approximate surface area is 111 Å². The molecule has 2 rings (SSSR count). The van der Waals surface area contributed by atoms with Crippen molar-refractivity contribution in [1.82, 2.24) is 15.5 Å². The molecule has 1 heterocycles. The summed E-state index contributed by atoms with van der Waals surface area (Å²) in [6.45, 7) is 4.77. The molecule has 18 heavy (non-hydrogen) atoms. The molecule has 0 aliphatic carbocycles. The van der Waals surface area contributed by atoms with Crippen molar-refractivity contribution < 1.29 is 4.42 Å². The SMILES string of the molecule is CSc1ccccc1-c1nnc(CNC(C)C)o1. The summed E-state index contributed by atoms with van der Waals surface area (Å²) in [6.07, 6.45) is 2.04. The topological polar surface area (TPSA) is 51.0 Å². The molecule has 0 amide bonds. The normalized spacial score (nSPS) is 11.1. The first-order valence-electron chi connectivity index (χ1n) is 5.90. The van der Waals surface area contributed by atoms with Gasteiger partial charge in [-0.15, -0.1) is 22.0 Å². The minimum Gasteiger partial charge on any atom is -0.419 e. The quantitative estimate of drug-likeness (QED) is 0.840. The second kappa shape index (κ2) is 6.02. The first-order valence-corrected chi connectivity index (χ1v) is 7.12. The van der Waals surface area contributed by atoms with Crippen LogP contribution >= 0.6 is 11.8 Å². The van der Waals surface area contributed by atoms with Gasteiger partial charge in [-0.05, 0) is 18.4 Å². The van der Waals surface area contributed by atoms with Crippen LogP contribution in [0.1, 0.15) is 19.7 Å². The Balaban J connectivity index is 2.18. The molecule has 96 valence electrons. The minimum absolute atomic E-state index is 0.402. The highest BCUT2D eigenvalue weighted by Crippen LogP contribution is 2.28. The summed E-state index contributed by atoms with van der Waals surface area (Å²) in [5.41, 5.74) is 0.994. The molecule has 4 nitrogen and oxygen atoms in total. The molecule has 1 aromatic heterocycles. The highest BCUT2D eigenvalue weighted by Gasteiger charge is 2.11. The van der Waals surface area contributed by atoms with Gasteiger partial charge >= 0.3 is 0 Å². The van der Waals surface area contributed by atoms with E-state index < -0.39 is 0 Å². The molecule has 5 heteroatoms. The molecule has 0 bridgehead atoms. The minimum atomic E-state index is 0.402. The van der Waals surface area contributed by atoms with Crippen molar-refractivity contribution in [2.24, 2.45) is 0 Å². The van der Waals surface area contributed by atoms with Crippen LogP contribution in [-0.4, -0.2) is 22.5 Å². The zero-order chi connectivity index (χ0) is 13.0. The summed E-state index contributed by atoms with van der Waals surface area (Å²) >= 11 is 1.67. The maximum Gasteiger partial charge on any atom is 0.248 e. The molecule has 0 unspecified atom stereocenters.